The Hall–Kier alpha value is -1.05. The third-order valence-corrected chi connectivity index (χ3v) is 10.3. The number of hydrogen-bond acceptors (Lipinski definition) is 2. The lowest BCUT2D eigenvalue weighted by atomic mass is 9.47. The Bertz CT molecular complexity index is 706. The van der Waals surface area contributed by atoms with Crippen LogP contribution in [-0.4, -0.2) is 12.6 Å². The smallest absolute Gasteiger partial charge is 0.293 e. The van der Waals surface area contributed by atoms with Gasteiger partial charge in [0.15, 0.2) is 0 Å². The molecule has 0 N–H and O–H groups in total. The Labute approximate surface area is 191 Å². The molecule has 4 aliphatic rings. The lowest BCUT2D eigenvalue weighted by Crippen LogP contribution is -2.50. The molecule has 4 rings (SSSR count). The fourth-order valence-corrected chi connectivity index (χ4v) is 8.57. The Balaban J connectivity index is 1.44. The molecule has 4 aliphatic carbocycles. The minimum atomic E-state index is 0.108. The number of carbonyl (C=O) groups is 1. The molecule has 0 aromatic carbocycles. The van der Waals surface area contributed by atoms with Gasteiger partial charge in [-0.1, -0.05) is 64.3 Å². The minimum Gasteiger partial charge on any atom is -0.464 e. The van der Waals surface area contributed by atoms with Crippen molar-refractivity contribution in [1.29, 1.82) is 0 Å². The molecule has 174 valence electrons. The summed E-state index contributed by atoms with van der Waals surface area (Å²) in [4.78, 5) is 10.9. The summed E-state index contributed by atoms with van der Waals surface area (Å²) in [6.45, 7) is 15.1. The second kappa shape index (κ2) is 9.06. The molecular weight excluding hydrogens is 380 g/mol. The van der Waals surface area contributed by atoms with Crippen LogP contribution in [0, 0.1) is 40.4 Å². The van der Waals surface area contributed by atoms with Crippen molar-refractivity contribution >= 4 is 6.47 Å². The average molecular weight is 427 g/mol. The quantitative estimate of drug-likeness (QED) is 0.224. The fourth-order valence-electron chi connectivity index (χ4n) is 8.57. The van der Waals surface area contributed by atoms with Crippen LogP contribution in [0.15, 0.2) is 23.8 Å². The van der Waals surface area contributed by atoms with Crippen molar-refractivity contribution in [1.82, 2.24) is 0 Å². The van der Waals surface area contributed by atoms with E-state index in [1.807, 2.05) is 0 Å². The predicted molar refractivity (Wildman–Crippen MR) is 129 cm³/mol. The first kappa shape index (κ1) is 23.1. The molecule has 0 spiro atoms. The van der Waals surface area contributed by atoms with Crippen LogP contribution in [0.5, 0.6) is 0 Å². The molecule has 7 atom stereocenters. The van der Waals surface area contributed by atoms with Gasteiger partial charge in [-0.2, -0.15) is 0 Å². The second-order valence-electron chi connectivity index (χ2n) is 12.3. The summed E-state index contributed by atoms with van der Waals surface area (Å²) in [6, 6.07) is 0. The lowest BCUT2D eigenvalue weighted by Gasteiger charge is -2.58. The molecule has 0 radical (unpaired) electrons. The average Bonchev–Trinajstić information content (AvgIpc) is 3.08. The first-order valence-electron chi connectivity index (χ1n) is 13.3. The number of ether oxygens (including phenoxy) is 1. The highest BCUT2D eigenvalue weighted by Crippen LogP contribution is 2.67. The van der Waals surface area contributed by atoms with Gasteiger partial charge in [-0.05, 0) is 98.2 Å². The molecule has 0 saturated heterocycles. The summed E-state index contributed by atoms with van der Waals surface area (Å²) >= 11 is 0. The van der Waals surface area contributed by atoms with E-state index in [9.17, 15) is 4.79 Å². The lowest BCUT2D eigenvalue weighted by molar-refractivity contribution is -0.136. The van der Waals surface area contributed by atoms with Crippen molar-refractivity contribution in [2.24, 2.45) is 40.4 Å². The van der Waals surface area contributed by atoms with E-state index in [4.69, 9.17) is 4.74 Å². The van der Waals surface area contributed by atoms with Gasteiger partial charge in [0.05, 0.1) is 0 Å². The van der Waals surface area contributed by atoms with E-state index in [0.29, 0.717) is 17.3 Å². The zero-order valence-electron chi connectivity index (χ0n) is 20.6. The van der Waals surface area contributed by atoms with Gasteiger partial charge in [-0.25, -0.2) is 0 Å². The van der Waals surface area contributed by atoms with Crippen LogP contribution in [0.3, 0.4) is 0 Å². The predicted octanol–water partition coefficient (Wildman–Crippen LogP) is 7.88. The van der Waals surface area contributed by atoms with E-state index in [1.165, 1.54) is 64.2 Å². The maximum absolute atomic E-state index is 10.9. The van der Waals surface area contributed by atoms with E-state index in [1.54, 1.807) is 11.1 Å². The monoisotopic (exact) mass is 426 g/mol. The van der Waals surface area contributed by atoms with Crippen molar-refractivity contribution in [3.8, 4) is 0 Å². The number of rotatable bonds is 8. The van der Waals surface area contributed by atoms with Crippen LogP contribution in [0.4, 0.5) is 0 Å². The van der Waals surface area contributed by atoms with Crippen LogP contribution in [0.2, 0.25) is 0 Å². The van der Waals surface area contributed by atoms with Gasteiger partial charge in [-0.15, -0.1) is 0 Å². The van der Waals surface area contributed by atoms with Gasteiger partial charge in [0.1, 0.15) is 6.10 Å². The molecule has 0 aromatic rings. The summed E-state index contributed by atoms with van der Waals surface area (Å²) in [7, 11) is 0. The van der Waals surface area contributed by atoms with Crippen molar-refractivity contribution in [3.05, 3.63) is 23.8 Å². The van der Waals surface area contributed by atoms with Crippen LogP contribution in [-0.2, 0) is 9.53 Å². The molecular formula is C29H46O2. The molecule has 0 heterocycles. The highest BCUT2D eigenvalue weighted by atomic mass is 16.5. The van der Waals surface area contributed by atoms with Crippen molar-refractivity contribution < 1.29 is 9.53 Å². The number of hydrogen-bond donors (Lipinski definition) is 0. The molecule has 3 fully saturated rings. The van der Waals surface area contributed by atoms with Gasteiger partial charge in [-0.3, -0.25) is 4.79 Å². The highest BCUT2D eigenvalue weighted by molar-refractivity contribution is 5.38. The third-order valence-electron chi connectivity index (χ3n) is 10.3. The minimum absolute atomic E-state index is 0.108. The normalized spacial score (nSPS) is 41.7. The molecule has 31 heavy (non-hydrogen) atoms. The first-order chi connectivity index (χ1) is 14.8. The largest absolute Gasteiger partial charge is 0.464 e. The number of fused-ring (bicyclic) bond motifs is 5. The van der Waals surface area contributed by atoms with Crippen LogP contribution in [0.25, 0.3) is 0 Å². The van der Waals surface area contributed by atoms with Gasteiger partial charge in [0.2, 0.25) is 0 Å². The van der Waals surface area contributed by atoms with E-state index in [-0.39, 0.29) is 6.10 Å². The van der Waals surface area contributed by atoms with Crippen LogP contribution < -0.4 is 0 Å². The maximum atomic E-state index is 10.9. The first-order valence-corrected chi connectivity index (χ1v) is 13.3. The zero-order valence-corrected chi connectivity index (χ0v) is 20.6. The zero-order chi connectivity index (χ0) is 22.2. The third kappa shape index (κ3) is 4.18. The molecule has 2 heteroatoms. The van der Waals surface area contributed by atoms with E-state index < -0.39 is 0 Å². The fraction of sp³-hybridized carbons (Fsp3) is 0.828. The van der Waals surface area contributed by atoms with Gasteiger partial charge in [0.25, 0.3) is 6.47 Å². The van der Waals surface area contributed by atoms with Crippen LogP contribution >= 0.6 is 0 Å². The van der Waals surface area contributed by atoms with E-state index >= 15 is 0 Å². The summed E-state index contributed by atoms with van der Waals surface area (Å²) in [5, 5.41) is 0. The molecule has 0 bridgehead atoms. The molecule has 2 unspecified atom stereocenters. The van der Waals surface area contributed by atoms with Gasteiger partial charge < -0.3 is 4.74 Å². The number of unbranched alkanes of at least 4 members (excludes halogenated alkanes) is 1. The molecule has 0 aliphatic heterocycles. The number of allylic oxidation sites excluding steroid dienone is 2. The highest BCUT2D eigenvalue weighted by Gasteiger charge is 2.58. The Morgan fingerprint density at radius 1 is 1.16 bits per heavy atom. The molecule has 0 amide bonds. The Morgan fingerprint density at radius 3 is 2.71 bits per heavy atom. The van der Waals surface area contributed by atoms with E-state index in [2.05, 4.69) is 40.3 Å². The maximum Gasteiger partial charge on any atom is 0.293 e. The second-order valence-corrected chi connectivity index (χ2v) is 12.3. The summed E-state index contributed by atoms with van der Waals surface area (Å²) in [5.41, 5.74) is 3.96. The number of carbonyl (C=O) groups excluding carboxylic acids is 1. The Kier molecular flexibility index (Phi) is 6.76. The topological polar surface area (TPSA) is 26.3 Å². The van der Waals surface area contributed by atoms with Gasteiger partial charge >= 0.3 is 0 Å². The summed E-state index contributed by atoms with van der Waals surface area (Å²) in [6.07, 6.45) is 17.9. The van der Waals surface area contributed by atoms with Gasteiger partial charge in [0, 0.05) is 6.42 Å². The molecule has 3 saturated carbocycles. The summed E-state index contributed by atoms with van der Waals surface area (Å²) in [5.74, 6) is 4.09. The Morgan fingerprint density at radius 2 is 1.97 bits per heavy atom. The van der Waals surface area contributed by atoms with Crippen LogP contribution in [0.1, 0.15) is 105 Å². The SMILES string of the molecule is C=C(CCCCC(C)C)[C@H]1CCC2[C@@H]3CC=C4C[C@@H](OC=O)CC[C@]4(C)C3CC[C@@]21C. The van der Waals surface area contributed by atoms with E-state index in [0.717, 1.165) is 42.4 Å². The summed E-state index contributed by atoms with van der Waals surface area (Å²) < 4.78 is 5.36. The standard InChI is InChI=1S/C29H46O2/c1-20(2)8-6-7-9-21(3)25-12-13-26-24-11-10-22-18-23(31-19-30)14-16-28(22,4)27(24)15-17-29(25,26)5/h10,19-20,23-27H,3,6-9,11-18H2,1-2,4-5H3/t23-,24-,25+,26?,27?,28-,29+/m0/s1. The molecule has 0 aromatic heterocycles. The van der Waals surface area contributed by atoms with Crippen molar-refractivity contribution in [2.75, 3.05) is 0 Å². The van der Waals surface area contributed by atoms with Crippen molar-refractivity contribution in [2.45, 2.75) is 111 Å². The van der Waals surface area contributed by atoms with Crippen molar-refractivity contribution in [3.63, 3.8) is 0 Å². The molecule has 2 nitrogen and oxygen atoms in total.